The summed E-state index contributed by atoms with van der Waals surface area (Å²) in [5.74, 6) is 0.780. The van der Waals surface area contributed by atoms with E-state index >= 15 is 0 Å². The molecule has 0 aliphatic carbocycles. The topological polar surface area (TPSA) is 62.2 Å². The van der Waals surface area contributed by atoms with E-state index in [0.29, 0.717) is 5.69 Å². The van der Waals surface area contributed by atoms with Crippen molar-refractivity contribution in [3.8, 4) is 0 Å². The average molecular weight is 339 g/mol. The van der Waals surface area contributed by atoms with Gasteiger partial charge < -0.3 is 9.80 Å². The largest absolute Gasteiger partial charge is 0.358 e. The third kappa shape index (κ3) is 4.75. The van der Waals surface area contributed by atoms with E-state index < -0.39 is 0 Å². The number of hydrogen-bond acceptors (Lipinski definition) is 5. The van der Waals surface area contributed by atoms with E-state index in [1.807, 2.05) is 29.0 Å². The first kappa shape index (κ1) is 17.3. The molecule has 3 heterocycles. The molecule has 6 heteroatoms. The molecule has 1 saturated heterocycles. The second-order valence-electron chi connectivity index (χ2n) is 6.49. The number of aromatic nitrogens is 3. The molecular weight excluding hydrogens is 314 g/mol. The van der Waals surface area contributed by atoms with Crippen LogP contribution in [0.5, 0.6) is 0 Å². The fourth-order valence-electron chi connectivity index (χ4n) is 3.03. The number of nitrogens with zero attached hydrogens (tertiary/aromatic N) is 5. The van der Waals surface area contributed by atoms with E-state index in [1.54, 1.807) is 24.8 Å². The lowest BCUT2D eigenvalue weighted by Gasteiger charge is -2.21. The number of likely N-dealkylation sites (N-methyl/N-ethyl adjacent to an activating group) is 1. The Hall–Kier alpha value is -2.50. The Balaban J connectivity index is 1.58. The number of pyridine rings is 1. The van der Waals surface area contributed by atoms with Gasteiger partial charge in [-0.1, -0.05) is 12.8 Å². The molecule has 6 nitrogen and oxygen atoms in total. The molecule has 1 amide bonds. The molecular formula is C19H25N5O. The zero-order chi connectivity index (χ0) is 17.5. The van der Waals surface area contributed by atoms with Gasteiger partial charge >= 0.3 is 0 Å². The van der Waals surface area contributed by atoms with E-state index in [1.165, 1.54) is 18.4 Å². The summed E-state index contributed by atoms with van der Waals surface area (Å²) in [6.45, 7) is 2.49. The van der Waals surface area contributed by atoms with Gasteiger partial charge in [0.15, 0.2) is 0 Å². The summed E-state index contributed by atoms with van der Waals surface area (Å²) in [6.07, 6.45) is 12.4. The molecule has 1 fully saturated rings. The summed E-state index contributed by atoms with van der Waals surface area (Å²) in [5, 5.41) is 0. The SMILES string of the molecule is CN(CCc1ccncc1)c1cnc(C(=O)N2CCCCCC2)cn1. The van der Waals surface area contributed by atoms with Crippen molar-refractivity contribution in [2.24, 2.45) is 0 Å². The maximum Gasteiger partial charge on any atom is 0.274 e. The van der Waals surface area contributed by atoms with Crippen molar-refractivity contribution in [1.29, 1.82) is 0 Å². The Morgan fingerprint density at radius 2 is 1.80 bits per heavy atom. The highest BCUT2D eigenvalue weighted by Gasteiger charge is 2.19. The van der Waals surface area contributed by atoms with Crippen molar-refractivity contribution in [3.63, 3.8) is 0 Å². The molecule has 0 unspecified atom stereocenters. The molecule has 0 aromatic carbocycles. The minimum Gasteiger partial charge on any atom is -0.358 e. The van der Waals surface area contributed by atoms with E-state index in [9.17, 15) is 4.79 Å². The Bertz CT molecular complexity index is 666. The molecule has 132 valence electrons. The number of anilines is 1. The lowest BCUT2D eigenvalue weighted by atomic mass is 10.2. The quantitative estimate of drug-likeness (QED) is 0.838. The summed E-state index contributed by atoms with van der Waals surface area (Å²) < 4.78 is 0. The summed E-state index contributed by atoms with van der Waals surface area (Å²) in [7, 11) is 1.99. The molecule has 0 N–H and O–H groups in total. The van der Waals surface area contributed by atoms with Gasteiger partial charge in [-0.25, -0.2) is 9.97 Å². The molecule has 2 aromatic heterocycles. The zero-order valence-corrected chi connectivity index (χ0v) is 14.8. The van der Waals surface area contributed by atoms with Gasteiger partial charge in [0.2, 0.25) is 0 Å². The molecule has 1 aliphatic rings. The van der Waals surface area contributed by atoms with Crippen LogP contribution in [0.2, 0.25) is 0 Å². The lowest BCUT2D eigenvalue weighted by Crippen LogP contribution is -2.32. The second-order valence-corrected chi connectivity index (χ2v) is 6.49. The maximum absolute atomic E-state index is 12.5. The van der Waals surface area contributed by atoms with Gasteiger partial charge in [0.25, 0.3) is 5.91 Å². The molecule has 25 heavy (non-hydrogen) atoms. The smallest absolute Gasteiger partial charge is 0.274 e. The third-order valence-corrected chi connectivity index (χ3v) is 4.63. The second kappa shape index (κ2) is 8.55. The van der Waals surface area contributed by atoms with Crippen LogP contribution in [0, 0.1) is 0 Å². The molecule has 2 aromatic rings. The van der Waals surface area contributed by atoms with Gasteiger partial charge in [-0.15, -0.1) is 0 Å². The first-order valence-corrected chi connectivity index (χ1v) is 8.95. The first-order valence-electron chi connectivity index (χ1n) is 8.95. The maximum atomic E-state index is 12.5. The van der Waals surface area contributed by atoms with Crippen LogP contribution in [0.4, 0.5) is 5.82 Å². The summed E-state index contributed by atoms with van der Waals surface area (Å²) >= 11 is 0. The molecule has 1 aliphatic heterocycles. The van der Waals surface area contributed by atoms with E-state index in [4.69, 9.17) is 0 Å². The standard InChI is InChI=1S/C19H25N5O/c1-23(13-8-16-6-9-20-10-7-16)18-15-21-17(14-22-18)19(25)24-11-4-2-3-5-12-24/h6-7,9-10,14-15H,2-5,8,11-13H2,1H3. The first-order chi connectivity index (χ1) is 12.2. The van der Waals surface area contributed by atoms with Crippen LogP contribution in [0.15, 0.2) is 36.9 Å². The Morgan fingerprint density at radius 1 is 1.08 bits per heavy atom. The Kier molecular flexibility index (Phi) is 5.93. The zero-order valence-electron chi connectivity index (χ0n) is 14.8. The van der Waals surface area contributed by atoms with Gasteiger partial charge in [0.05, 0.1) is 12.4 Å². The van der Waals surface area contributed by atoms with Crippen LogP contribution in [-0.2, 0) is 6.42 Å². The number of likely N-dealkylation sites (tertiary alicyclic amines) is 1. The number of hydrogen-bond donors (Lipinski definition) is 0. The molecule has 0 radical (unpaired) electrons. The molecule has 0 bridgehead atoms. The third-order valence-electron chi connectivity index (χ3n) is 4.63. The summed E-state index contributed by atoms with van der Waals surface area (Å²) in [4.78, 5) is 29.3. The van der Waals surface area contributed by atoms with Crippen LogP contribution in [0.25, 0.3) is 0 Å². The van der Waals surface area contributed by atoms with Crippen molar-refractivity contribution in [2.45, 2.75) is 32.1 Å². The highest BCUT2D eigenvalue weighted by atomic mass is 16.2. The number of amides is 1. The summed E-state index contributed by atoms with van der Waals surface area (Å²) in [5.41, 5.74) is 1.68. The van der Waals surface area contributed by atoms with E-state index in [-0.39, 0.29) is 5.91 Å². The van der Waals surface area contributed by atoms with Crippen LogP contribution in [0.1, 0.15) is 41.7 Å². The molecule has 0 atom stereocenters. The van der Waals surface area contributed by atoms with E-state index in [2.05, 4.69) is 15.0 Å². The minimum absolute atomic E-state index is 0.000360. The van der Waals surface area contributed by atoms with Crippen LogP contribution >= 0.6 is 0 Å². The predicted octanol–water partition coefficient (Wildman–Crippen LogP) is 2.57. The van der Waals surface area contributed by atoms with Crippen LogP contribution in [-0.4, -0.2) is 52.4 Å². The lowest BCUT2D eigenvalue weighted by molar-refractivity contribution is 0.0755. The van der Waals surface area contributed by atoms with E-state index in [0.717, 1.165) is 44.7 Å². The number of carbonyl (C=O) groups is 1. The monoisotopic (exact) mass is 339 g/mol. The van der Waals surface area contributed by atoms with Gasteiger partial charge in [0, 0.05) is 39.1 Å². The van der Waals surface area contributed by atoms with Gasteiger partial charge in [-0.05, 0) is 37.0 Å². The van der Waals surface area contributed by atoms with Crippen molar-refractivity contribution < 1.29 is 4.79 Å². The number of carbonyl (C=O) groups excluding carboxylic acids is 1. The minimum atomic E-state index is 0.000360. The highest BCUT2D eigenvalue weighted by molar-refractivity contribution is 5.92. The van der Waals surface area contributed by atoms with Crippen molar-refractivity contribution in [3.05, 3.63) is 48.2 Å². The van der Waals surface area contributed by atoms with Crippen LogP contribution in [0.3, 0.4) is 0 Å². The highest BCUT2D eigenvalue weighted by Crippen LogP contribution is 2.14. The van der Waals surface area contributed by atoms with Crippen molar-refractivity contribution >= 4 is 11.7 Å². The average Bonchev–Trinajstić information content (AvgIpc) is 2.96. The van der Waals surface area contributed by atoms with Crippen molar-refractivity contribution in [1.82, 2.24) is 19.9 Å². The predicted molar refractivity (Wildman–Crippen MR) is 97.6 cm³/mol. The Morgan fingerprint density at radius 3 is 2.44 bits per heavy atom. The van der Waals surface area contributed by atoms with Gasteiger partial charge in [-0.3, -0.25) is 9.78 Å². The van der Waals surface area contributed by atoms with Gasteiger partial charge in [-0.2, -0.15) is 0 Å². The normalized spacial score (nSPS) is 14.8. The van der Waals surface area contributed by atoms with Crippen LogP contribution < -0.4 is 4.90 Å². The fraction of sp³-hybridized carbons (Fsp3) is 0.474. The summed E-state index contributed by atoms with van der Waals surface area (Å²) in [6, 6.07) is 4.03. The molecule has 0 spiro atoms. The number of rotatable bonds is 5. The fourth-order valence-corrected chi connectivity index (χ4v) is 3.03. The van der Waals surface area contributed by atoms with Gasteiger partial charge in [0.1, 0.15) is 11.5 Å². The Labute approximate surface area is 148 Å². The molecule has 3 rings (SSSR count). The molecule has 0 saturated carbocycles. The van der Waals surface area contributed by atoms with Crippen molar-refractivity contribution in [2.75, 3.05) is 31.6 Å².